The first-order valence-electron chi connectivity index (χ1n) is 6.54. The molecular formula is C15H22BrN. The molecule has 1 aliphatic rings. The van der Waals surface area contributed by atoms with E-state index in [1.807, 2.05) is 6.20 Å². The molecule has 0 radical (unpaired) electrons. The third kappa shape index (κ3) is 3.09. The summed E-state index contributed by atoms with van der Waals surface area (Å²) in [5.74, 6) is 0.783. The van der Waals surface area contributed by atoms with Crippen LogP contribution in [0.25, 0.3) is 0 Å². The third-order valence-electron chi connectivity index (χ3n) is 4.15. The van der Waals surface area contributed by atoms with Crippen LogP contribution in [0.4, 0.5) is 0 Å². The van der Waals surface area contributed by atoms with Gasteiger partial charge in [0.25, 0.3) is 0 Å². The molecule has 1 aromatic rings. The Balaban J connectivity index is 2.01. The average molecular weight is 296 g/mol. The van der Waals surface area contributed by atoms with Crippen LogP contribution in [0.15, 0.2) is 18.3 Å². The fourth-order valence-corrected chi connectivity index (χ4v) is 4.30. The Labute approximate surface area is 113 Å². The summed E-state index contributed by atoms with van der Waals surface area (Å²) in [5, 5.41) is 0. The number of hydrogen-bond acceptors (Lipinski definition) is 1. The van der Waals surface area contributed by atoms with Gasteiger partial charge in [0.15, 0.2) is 0 Å². The predicted molar refractivity (Wildman–Crippen MR) is 76.5 cm³/mol. The number of aromatic nitrogens is 1. The van der Waals surface area contributed by atoms with Gasteiger partial charge in [-0.15, -0.1) is 0 Å². The second kappa shape index (κ2) is 5.09. The molecule has 0 saturated heterocycles. The minimum Gasteiger partial charge on any atom is -0.261 e. The molecule has 17 heavy (non-hydrogen) atoms. The summed E-state index contributed by atoms with van der Waals surface area (Å²) in [6.07, 6.45) is 7.11. The number of halogens is 1. The summed E-state index contributed by atoms with van der Waals surface area (Å²) in [6, 6.07) is 4.31. The lowest BCUT2D eigenvalue weighted by molar-refractivity contribution is 0.254. The summed E-state index contributed by atoms with van der Waals surface area (Å²) in [7, 11) is 0. The molecule has 0 aromatic carbocycles. The van der Waals surface area contributed by atoms with Crippen LogP contribution in [0.3, 0.4) is 0 Å². The Kier molecular flexibility index (Phi) is 3.92. The molecular weight excluding hydrogens is 274 g/mol. The minimum atomic E-state index is 0.485. The van der Waals surface area contributed by atoms with Crippen LogP contribution in [0.5, 0.6) is 0 Å². The smallest absolute Gasteiger partial charge is 0.0415 e. The molecule has 2 unspecified atom stereocenters. The number of pyridine rings is 1. The van der Waals surface area contributed by atoms with E-state index in [1.54, 1.807) is 0 Å². The standard InChI is InChI=1S/C15H22BrN/c1-11-6-7-12(17-10-11)9-14(16)13-5-4-8-15(13,2)3/h6-7,10,13-14H,4-5,8-9H2,1-3H3. The van der Waals surface area contributed by atoms with Crippen LogP contribution in [0.1, 0.15) is 44.4 Å². The zero-order chi connectivity index (χ0) is 12.5. The van der Waals surface area contributed by atoms with Gasteiger partial charge in [0, 0.05) is 23.1 Å². The fourth-order valence-electron chi connectivity index (χ4n) is 2.99. The van der Waals surface area contributed by atoms with Crippen molar-refractivity contribution in [2.45, 2.75) is 51.3 Å². The van der Waals surface area contributed by atoms with Gasteiger partial charge in [-0.05, 0) is 42.7 Å². The van der Waals surface area contributed by atoms with Crippen LogP contribution >= 0.6 is 15.9 Å². The van der Waals surface area contributed by atoms with Crippen molar-refractivity contribution in [3.8, 4) is 0 Å². The maximum absolute atomic E-state index is 4.51. The van der Waals surface area contributed by atoms with E-state index in [-0.39, 0.29) is 0 Å². The molecule has 2 heteroatoms. The SMILES string of the molecule is Cc1ccc(CC(Br)C2CCCC2(C)C)nc1. The number of aryl methyl sites for hydroxylation is 1. The van der Waals surface area contributed by atoms with Crippen LogP contribution in [0, 0.1) is 18.3 Å². The van der Waals surface area contributed by atoms with Crippen LogP contribution in [-0.4, -0.2) is 9.81 Å². The highest BCUT2D eigenvalue weighted by Gasteiger charge is 2.38. The van der Waals surface area contributed by atoms with Crippen molar-refractivity contribution in [2.24, 2.45) is 11.3 Å². The van der Waals surface area contributed by atoms with Crippen molar-refractivity contribution >= 4 is 15.9 Å². The molecule has 2 rings (SSSR count). The number of alkyl halides is 1. The highest BCUT2D eigenvalue weighted by atomic mass is 79.9. The Hall–Kier alpha value is -0.370. The van der Waals surface area contributed by atoms with Crippen molar-refractivity contribution in [1.82, 2.24) is 4.98 Å². The molecule has 1 fully saturated rings. The average Bonchev–Trinajstić information content (AvgIpc) is 2.61. The van der Waals surface area contributed by atoms with E-state index < -0.39 is 0 Å². The van der Waals surface area contributed by atoms with Gasteiger partial charge in [0.05, 0.1) is 0 Å². The van der Waals surface area contributed by atoms with Crippen molar-refractivity contribution < 1.29 is 0 Å². The first kappa shape index (κ1) is 13.1. The summed E-state index contributed by atoms with van der Waals surface area (Å²) in [5.41, 5.74) is 2.93. The molecule has 1 aliphatic carbocycles. The first-order valence-corrected chi connectivity index (χ1v) is 7.46. The Bertz CT molecular complexity index is 369. The maximum Gasteiger partial charge on any atom is 0.0415 e. The Morgan fingerprint density at radius 2 is 2.24 bits per heavy atom. The van der Waals surface area contributed by atoms with Gasteiger partial charge >= 0.3 is 0 Å². The van der Waals surface area contributed by atoms with E-state index in [9.17, 15) is 0 Å². The van der Waals surface area contributed by atoms with Gasteiger partial charge in [-0.2, -0.15) is 0 Å². The number of hydrogen-bond donors (Lipinski definition) is 0. The fraction of sp³-hybridized carbons (Fsp3) is 0.667. The highest BCUT2D eigenvalue weighted by molar-refractivity contribution is 9.09. The van der Waals surface area contributed by atoms with Crippen molar-refractivity contribution in [3.63, 3.8) is 0 Å². The van der Waals surface area contributed by atoms with E-state index in [2.05, 4.69) is 53.8 Å². The van der Waals surface area contributed by atoms with Crippen LogP contribution < -0.4 is 0 Å². The predicted octanol–water partition coefficient (Wildman–Crippen LogP) is 4.52. The summed E-state index contributed by atoms with van der Waals surface area (Å²) in [6.45, 7) is 6.89. The number of nitrogens with zero attached hydrogens (tertiary/aromatic N) is 1. The molecule has 1 nitrogen and oxygen atoms in total. The molecule has 0 spiro atoms. The van der Waals surface area contributed by atoms with E-state index in [4.69, 9.17) is 0 Å². The lowest BCUT2D eigenvalue weighted by Gasteiger charge is -2.31. The van der Waals surface area contributed by atoms with Gasteiger partial charge in [-0.1, -0.05) is 42.3 Å². The van der Waals surface area contributed by atoms with E-state index in [1.165, 1.54) is 30.5 Å². The molecule has 94 valence electrons. The molecule has 0 bridgehead atoms. The highest BCUT2D eigenvalue weighted by Crippen LogP contribution is 2.46. The normalized spacial score (nSPS) is 24.8. The molecule has 1 heterocycles. The molecule has 1 saturated carbocycles. The van der Waals surface area contributed by atoms with Gasteiger partial charge in [-0.3, -0.25) is 4.98 Å². The Morgan fingerprint density at radius 3 is 2.76 bits per heavy atom. The van der Waals surface area contributed by atoms with E-state index >= 15 is 0 Å². The van der Waals surface area contributed by atoms with E-state index in [0.29, 0.717) is 10.2 Å². The van der Waals surface area contributed by atoms with Gasteiger partial charge in [-0.25, -0.2) is 0 Å². The molecule has 0 aliphatic heterocycles. The van der Waals surface area contributed by atoms with Gasteiger partial charge in [0.1, 0.15) is 0 Å². The lowest BCUT2D eigenvalue weighted by atomic mass is 9.79. The zero-order valence-corrected chi connectivity index (χ0v) is 12.6. The largest absolute Gasteiger partial charge is 0.261 e. The second-order valence-electron chi connectivity index (χ2n) is 6.03. The van der Waals surface area contributed by atoms with Crippen LogP contribution in [0.2, 0.25) is 0 Å². The lowest BCUT2D eigenvalue weighted by Crippen LogP contribution is -2.27. The zero-order valence-electron chi connectivity index (χ0n) is 11.0. The first-order chi connectivity index (χ1) is 7.99. The van der Waals surface area contributed by atoms with Crippen molar-refractivity contribution in [1.29, 1.82) is 0 Å². The monoisotopic (exact) mass is 295 g/mol. The maximum atomic E-state index is 4.51. The van der Waals surface area contributed by atoms with Gasteiger partial charge in [0.2, 0.25) is 0 Å². The summed E-state index contributed by atoms with van der Waals surface area (Å²) < 4.78 is 0. The molecule has 1 aromatic heterocycles. The molecule has 2 atom stereocenters. The summed E-state index contributed by atoms with van der Waals surface area (Å²) >= 11 is 3.90. The molecule has 0 N–H and O–H groups in total. The van der Waals surface area contributed by atoms with Crippen LogP contribution in [-0.2, 0) is 6.42 Å². The quantitative estimate of drug-likeness (QED) is 0.747. The van der Waals surface area contributed by atoms with Crippen molar-refractivity contribution in [2.75, 3.05) is 0 Å². The summed E-state index contributed by atoms with van der Waals surface area (Å²) in [4.78, 5) is 5.07. The molecule has 0 amide bonds. The van der Waals surface area contributed by atoms with Crippen molar-refractivity contribution in [3.05, 3.63) is 29.6 Å². The minimum absolute atomic E-state index is 0.485. The van der Waals surface area contributed by atoms with E-state index in [0.717, 1.165) is 12.3 Å². The number of rotatable bonds is 3. The van der Waals surface area contributed by atoms with Gasteiger partial charge < -0.3 is 0 Å². The second-order valence-corrected chi connectivity index (χ2v) is 7.21. The Morgan fingerprint density at radius 1 is 1.47 bits per heavy atom. The topological polar surface area (TPSA) is 12.9 Å². The third-order valence-corrected chi connectivity index (χ3v) is 5.12.